The normalized spacial score (nSPS) is 13.4. The number of hydrogen-bond acceptors (Lipinski definition) is 3. The first-order valence-corrected chi connectivity index (χ1v) is 12.0. The van der Waals surface area contributed by atoms with Gasteiger partial charge < -0.3 is 26.7 Å². The molecule has 0 saturated heterocycles. The van der Waals surface area contributed by atoms with Crippen molar-refractivity contribution in [1.29, 1.82) is 0 Å². The largest absolute Gasteiger partial charge is 1.00 e. The number of unbranched alkanes of at least 4 members (excludes halogenated alkanes) is 10. The number of nitrogens with zero attached hydrogens (tertiary/aromatic N) is 1. The smallest absolute Gasteiger partial charge is 0.333 e. The molecule has 0 aromatic heterocycles. The van der Waals surface area contributed by atoms with Gasteiger partial charge in [-0.15, -0.1) is 0 Å². The Morgan fingerprint density at radius 3 is 1.83 bits per heavy atom. The summed E-state index contributed by atoms with van der Waals surface area (Å²) in [7, 11) is 4.24. The predicted octanol–water partition coefficient (Wildman–Crippen LogP) is 3.03. The Hall–Kier alpha value is -0.580. The minimum atomic E-state index is -0.326. The minimum absolute atomic E-state index is 0. The fourth-order valence-corrected chi connectivity index (χ4v) is 3.85. The second kappa shape index (κ2) is 19.1. The predicted molar refractivity (Wildman–Crippen MR) is 124 cm³/mol. The molecule has 1 N–H and O–H groups in total. The summed E-state index contributed by atoms with van der Waals surface area (Å²) in [6.45, 7) is 11.1. The summed E-state index contributed by atoms with van der Waals surface area (Å²) in [6.07, 6.45) is 15.9. The van der Waals surface area contributed by atoms with Crippen molar-refractivity contribution in [2.75, 3.05) is 27.2 Å². The van der Waals surface area contributed by atoms with Crippen molar-refractivity contribution in [3.8, 4) is 0 Å². The van der Waals surface area contributed by atoms with Gasteiger partial charge in [0.2, 0.25) is 0 Å². The van der Waals surface area contributed by atoms with Crippen LogP contribution in [0.2, 0.25) is 0 Å². The number of carbonyl (C=O) groups is 1. The Morgan fingerprint density at radius 1 is 0.933 bits per heavy atom. The lowest BCUT2D eigenvalue weighted by molar-refractivity contribution is -0.893. The molecule has 0 saturated carbocycles. The zero-order chi connectivity index (χ0) is 22.1. The van der Waals surface area contributed by atoms with Gasteiger partial charge >= 0.3 is 5.97 Å². The van der Waals surface area contributed by atoms with E-state index in [1.807, 2.05) is 6.92 Å². The van der Waals surface area contributed by atoms with Crippen LogP contribution in [0, 0.1) is 0 Å². The summed E-state index contributed by atoms with van der Waals surface area (Å²) in [6, 6.07) is 0. The number of carbonyl (C=O) groups excluding carboxylic acids is 1. The van der Waals surface area contributed by atoms with Gasteiger partial charge in [0.1, 0.15) is 18.8 Å². The third kappa shape index (κ3) is 19.4. The number of aliphatic hydroxyl groups excluding tert-OH is 1. The van der Waals surface area contributed by atoms with Crippen molar-refractivity contribution in [3.63, 3.8) is 0 Å². The van der Waals surface area contributed by atoms with Crippen molar-refractivity contribution in [3.05, 3.63) is 12.2 Å². The first-order chi connectivity index (χ1) is 13.7. The van der Waals surface area contributed by atoms with Crippen LogP contribution in [0.15, 0.2) is 12.2 Å². The molecule has 0 rings (SSSR count). The Morgan fingerprint density at radius 2 is 1.40 bits per heavy atom. The van der Waals surface area contributed by atoms with Crippen LogP contribution in [0.3, 0.4) is 0 Å². The molecular weight excluding hydrogens is 398 g/mol. The van der Waals surface area contributed by atoms with Crippen molar-refractivity contribution >= 4 is 5.97 Å². The Balaban J connectivity index is 0. The zero-order valence-corrected chi connectivity index (χ0v) is 21.3. The quantitative estimate of drug-likeness (QED) is 0.143. The standard InChI is InChI=1S/C25H50NO3.ClH/c1-7-8-9-10-11-12-13-14-15-16-17-18-24(29-25(28)22(2)3)19-20-26(5,6)21-23(4)27;/h23-24,27H,2,7-21H2,1,3-6H3;1H/q+1;/p-1. The lowest BCUT2D eigenvalue weighted by Crippen LogP contribution is -3.00. The van der Waals surface area contributed by atoms with E-state index in [1.54, 1.807) is 6.92 Å². The Kier molecular flexibility index (Phi) is 20.2. The fraction of sp³-hybridized carbons (Fsp3) is 0.880. The first kappa shape index (κ1) is 31.6. The molecule has 0 amide bonds. The summed E-state index contributed by atoms with van der Waals surface area (Å²) in [5.41, 5.74) is 0.465. The highest BCUT2D eigenvalue weighted by molar-refractivity contribution is 5.87. The molecule has 0 aliphatic heterocycles. The second-order valence-corrected chi connectivity index (χ2v) is 9.61. The van der Waals surface area contributed by atoms with Gasteiger partial charge in [-0.2, -0.15) is 0 Å². The van der Waals surface area contributed by atoms with Crippen molar-refractivity contribution in [2.45, 2.75) is 116 Å². The molecule has 0 aromatic rings. The average molecular weight is 448 g/mol. The maximum atomic E-state index is 12.0. The molecule has 0 aromatic carbocycles. The van der Waals surface area contributed by atoms with E-state index >= 15 is 0 Å². The maximum Gasteiger partial charge on any atom is 0.333 e. The van der Waals surface area contributed by atoms with E-state index in [4.69, 9.17) is 4.74 Å². The summed E-state index contributed by atoms with van der Waals surface area (Å²) >= 11 is 0. The highest BCUT2D eigenvalue weighted by Crippen LogP contribution is 2.17. The van der Waals surface area contributed by atoms with E-state index in [-0.39, 0.29) is 30.6 Å². The lowest BCUT2D eigenvalue weighted by atomic mass is 10.0. The van der Waals surface area contributed by atoms with Crippen LogP contribution < -0.4 is 12.4 Å². The van der Waals surface area contributed by atoms with E-state index in [2.05, 4.69) is 27.6 Å². The van der Waals surface area contributed by atoms with Gasteiger partial charge in [0.25, 0.3) is 0 Å². The van der Waals surface area contributed by atoms with E-state index < -0.39 is 0 Å². The molecule has 0 heterocycles. The van der Waals surface area contributed by atoms with Crippen LogP contribution in [0.4, 0.5) is 0 Å². The van der Waals surface area contributed by atoms with Gasteiger partial charge in [-0.25, -0.2) is 4.79 Å². The lowest BCUT2D eigenvalue weighted by Gasteiger charge is -2.32. The molecule has 4 nitrogen and oxygen atoms in total. The molecule has 0 spiro atoms. The second-order valence-electron chi connectivity index (χ2n) is 9.61. The first-order valence-electron chi connectivity index (χ1n) is 12.0. The third-order valence-corrected chi connectivity index (χ3v) is 5.57. The molecule has 2 atom stereocenters. The van der Waals surface area contributed by atoms with Crippen LogP contribution in [-0.4, -0.2) is 55.0 Å². The Bertz CT molecular complexity index is 438. The minimum Gasteiger partial charge on any atom is -1.00 e. The van der Waals surface area contributed by atoms with Crippen LogP contribution in [-0.2, 0) is 9.53 Å². The van der Waals surface area contributed by atoms with Gasteiger partial charge in [-0.05, 0) is 26.7 Å². The number of quaternary nitrogens is 1. The molecule has 180 valence electrons. The molecule has 0 bridgehead atoms. The number of ether oxygens (including phenoxy) is 1. The molecular formula is C25H50ClNO3. The molecule has 0 radical (unpaired) electrons. The van der Waals surface area contributed by atoms with Crippen LogP contribution >= 0.6 is 0 Å². The van der Waals surface area contributed by atoms with Crippen molar-refractivity contribution < 1.29 is 31.5 Å². The molecule has 5 heteroatoms. The summed E-state index contributed by atoms with van der Waals surface area (Å²) in [4.78, 5) is 12.0. The van der Waals surface area contributed by atoms with Gasteiger partial charge in [0.05, 0.1) is 20.6 Å². The molecule has 30 heavy (non-hydrogen) atoms. The van der Waals surface area contributed by atoms with Gasteiger partial charge in [0, 0.05) is 12.0 Å². The van der Waals surface area contributed by atoms with Crippen LogP contribution in [0.5, 0.6) is 0 Å². The van der Waals surface area contributed by atoms with Gasteiger partial charge in [0.15, 0.2) is 0 Å². The molecule has 2 unspecified atom stereocenters. The topological polar surface area (TPSA) is 46.5 Å². The molecule has 0 aliphatic carbocycles. The molecule has 0 aliphatic rings. The number of esters is 1. The van der Waals surface area contributed by atoms with E-state index in [0.717, 1.165) is 30.3 Å². The van der Waals surface area contributed by atoms with Gasteiger partial charge in [-0.3, -0.25) is 0 Å². The fourth-order valence-electron chi connectivity index (χ4n) is 3.85. The van der Waals surface area contributed by atoms with Crippen molar-refractivity contribution in [2.24, 2.45) is 0 Å². The van der Waals surface area contributed by atoms with E-state index in [9.17, 15) is 9.90 Å². The SMILES string of the molecule is C=C(C)C(=O)OC(CCCCCCCCCCCCC)CC[N+](C)(C)CC(C)O.[Cl-]. The van der Waals surface area contributed by atoms with E-state index in [0.29, 0.717) is 12.1 Å². The monoisotopic (exact) mass is 447 g/mol. The van der Waals surface area contributed by atoms with Crippen LogP contribution in [0.1, 0.15) is 104 Å². The maximum absolute atomic E-state index is 12.0. The highest BCUT2D eigenvalue weighted by Gasteiger charge is 2.22. The number of halogens is 1. The van der Waals surface area contributed by atoms with E-state index in [1.165, 1.54) is 64.2 Å². The van der Waals surface area contributed by atoms with Crippen LogP contribution in [0.25, 0.3) is 0 Å². The summed E-state index contributed by atoms with van der Waals surface area (Å²) in [5.74, 6) is -0.279. The number of likely N-dealkylation sites (N-methyl/N-ethyl adjacent to an activating group) is 1. The van der Waals surface area contributed by atoms with Crippen molar-refractivity contribution in [1.82, 2.24) is 0 Å². The summed E-state index contributed by atoms with van der Waals surface area (Å²) in [5, 5.41) is 9.67. The number of aliphatic hydroxyl groups is 1. The Labute approximate surface area is 193 Å². The number of hydrogen-bond donors (Lipinski definition) is 1. The third-order valence-electron chi connectivity index (χ3n) is 5.57. The zero-order valence-electron chi connectivity index (χ0n) is 20.6. The number of rotatable bonds is 19. The molecule has 0 fully saturated rings. The average Bonchev–Trinajstić information content (AvgIpc) is 2.62. The van der Waals surface area contributed by atoms with Gasteiger partial charge in [-0.1, -0.05) is 77.7 Å². The highest BCUT2D eigenvalue weighted by atomic mass is 35.5. The summed E-state index contributed by atoms with van der Waals surface area (Å²) < 4.78 is 6.43.